The van der Waals surface area contributed by atoms with Crippen LogP contribution in [0.3, 0.4) is 0 Å². The van der Waals surface area contributed by atoms with E-state index in [1.165, 1.54) is 19.3 Å². The van der Waals surface area contributed by atoms with Gasteiger partial charge < -0.3 is 10.1 Å². The molecule has 2 aliphatic rings. The molecular formula is C19H27NO2. The van der Waals surface area contributed by atoms with Crippen LogP contribution in [0.4, 0.5) is 0 Å². The summed E-state index contributed by atoms with van der Waals surface area (Å²) in [6.45, 7) is 6.08. The molecule has 0 aliphatic carbocycles. The Hall–Kier alpha value is -1.35. The molecule has 3 nitrogen and oxygen atoms in total. The minimum atomic E-state index is -0.210. The fourth-order valence-electron chi connectivity index (χ4n) is 3.76. The lowest BCUT2D eigenvalue weighted by atomic mass is 9.77. The molecular weight excluding hydrogens is 274 g/mol. The van der Waals surface area contributed by atoms with Crippen molar-refractivity contribution in [2.45, 2.75) is 70.6 Å². The summed E-state index contributed by atoms with van der Waals surface area (Å²) in [5.41, 5.74) is 0.615. The normalized spacial score (nSPS) is 28.2. The second kappa shape index (κ2) is 6.04. The summed E-state index contributed by atoms with van der Waals surface area (Å²) in [4.78, 5) is 12.8. The van der Waals surface area contributed by atoms with Gasteiger partial charge in [-0.25, -0.2) is 0 Å². The molecule has 2 heterocycles. The molecule has 3 heteroatoms. The van der Waals surface area contributed by atoms with Crippen LogP contribution in [-0.2, 0) is 0 Å². The summed E-state index contributed by atoms with van der Waals surface area (Å²) >= 11 is 0. The molecule has 1 aromatic rings. The van der Waals surface area contributed by atoms with E-state index in [4.69, 9.17) is 4.74 Å². The van der Waals surface area contributed by atoms with Crippen molar-refractivity contribution in [3.63, 3.8) is 0 Å². The summed E-state index contributed by atoms with van der Waals surface area (Å²) in [5.74, 6) is 1.32. The highest BCUT2D eigenvalue weighted by molar-refractivity contribution is 5.98. The maximum atomic E-state index is 12.8. The number of fused-ring (bicyclic) bond motifs is 2. The summed E-state index contributed by atoms with van der Waals surface area (Å²) in [5, 5.41) is 3.65. The van der Waals surface area contributed by atoms with Crippen molar-refractivity contribution in [2.24, 2.45) is 5.92 Å². The summed E-state index contributed by atoms with van der Waals surface area (Å²) in [7, 11) is 0. The van der Waals surface area contributed by atoms with Crippen molar-refractivity contribution in [3.8, 4) is 5.75 Å². The number of nitrogens with one attached hydrogen (secondary N) is 1. The predicted octanol–water partition coefficient (Wildman–Crippen LogP) is 3.97. The molecule has 2 fully saturated rings. The van der Waals surface area contributed by atoms with Crippen LogP contribution in [0.1, 0.15) is 63.2 Å². The van der Waals surface area contributed by atoms with E-state index >= 15 is 0 Å². The molecule has 22 heavy (non-hydrogen) atoms. The van der Waals surface area contributed by atoms with Crippen LogP contribution in [0.2, 0.25) is 0 Å². The van der Waals surface area contributed by atoms with E-state index in [0.29, 0.717) is 17.9 Å². The number of Topliss-reactive ketones (excluding diaryl/α,β-unsaturated/α-hetero) is 1. The third-order valence-corrected chi connectivity index (χ3v) is 4.65. The van der Waals surface area contributed by atoms with Crippen molar-refractivity contribution in [3.05, 3.63) is 29.8 Å². The Morgan fingerprint density at radius 3 is 2.23 bits per heavy atom. The van der Waals surface area contributed by atoms with Crippen molar-refractivity contribution >= 4 is 5.78 Å². The smallest absolute Gasteiger partial charge is 0.166 e. The van der Waals surface area contributed by atoms with Gasteiger partial charge in [0, 0.05) is 23.6 Å². The maximum Gasteiger partial charge on any atom is 0.166 e. The third-order valence-electron chi connectivity index (χ3n) is 4.65. The Labute approximate surface area is 133 Å². The topological polar surface area (TPSA) is 38.3 Å². The molecule has 0 amide bonds. The standard InChI is InChI=1S/C19H27NO2/c1-19(2,3)22-17-9-7-13(8-10-17)18(21)14-11-15-5-4-6-16(12-14)20-15/h7-10,14-16,20H,4-6,11-12H2,1-3H3. The first-order chi connectivity index (χ1) is 10.4. The van der Waals surface area contributed by atoms with Crippen LogP contribution >= 0.6 is 0 Å². The minimum absolute atomic E-state index is 0.186. The minimum Gasteiger partial charge on any atom is -0.488 e. The number of ether oxygens (including phenoxy) is 1. The highest BCUT2D eigenvalue weighted by atomic mass is 16.5. The number of ketones is 1. The number of piperidine rings is 2. The zero-order chi connectivity index (χ0) is 15.7. The van der Waals surface area contributed by atoms with Crippen LogP contribution in [-0.4, -0.2) is 23.5 Å². The van der Waals surface area contributed by atoms with Crippen LogP contribution < -0.4 is 10.1 Å². The lowest BCUT2D eigenvalue weighted by molar-refractivity contribution is 0.0825. The molecule has 1 N–H and O–H groups in total. The van der Waals surface area contributed by atoms with Crippen molar-refractivity contribution < 1.29 is 9.53 Å². The van der Waals surface area contributed by atoms with Gasteiger partial charge >= 0.3 is 0 Å². The number of benzene rings is 1. The van der Waals surface area contributed by atoms with Gasteiger partial charge in [-0.1, -0.05) is 6.42 Å². The van der Waals surface area contributed by atoms with Gasteiger partial charge in [-0.3, -0.25) is 4.79 Å². The fraction of sp³-hybridized carbons (Fsp3) is 0.632. The molecule has 2 bridgehead atoms. The van der Waals surface area contributed by atoms with Crippen molar-refractivity contribution in [1.82, 2.24) is 5.32 Å². The van der Waals surface area contributed by atoms with Gasteiger partial charge in [0.25, 0.3) is 0 Å². The number of hydrogen-bond acceptors (Lipinski definition) is 3. The predicted molar refractivity (Wildman–Crippen MR) is 88.4 cm³/mol. The van der Waals surface area contributed by atoms with Gasteiger partial charge in [0.1, 0.15) is 11.4 Å². The van der Waals surface area contributed by atoms with Gasteiger partial charge in [0.15, 0.2) is 5.78 Å². The fourth-order valence-corrected chi connectivity index (χ4v) is 3.76. The van der Waals surface area contributed by atoms with E-state index in [1.807, 2.05) is 45.0 Å². The molecule has 2 unspecified atom stereocenters. The van der Waals surface area contributed by atoms with Gasteiger partial charge in [0.2, 0.25) is 0 Å². The zero-order valence-electron chi connectivity index (χ0n) is 13.9. The monoisotopic (exact) mass is 301 g/mol. The Morgan fingerprint density at radius 2 is 1.68 bits per heavy atom. The number of hydrogen-bond donors (Lipinski definition) is 1. The van der Waals surface area contributed by atoms with Gasteiger partial charge in [-0.05, 0) is 70.7 Å². The molecule has 120 valence electrons. The molecule has 2 aliphatic heterocycles. The molecule has 1 aromatic carbocycles. The van der Waals surface area contributed by atoms with Crippen LogP contribution in [0.15, 0.2) is 24.3 Å². The first-order valence-electron chi connectivity index (χ1n) is 8.50. The number of carbonyl (C=O) groups is 1. The average Bonchev–Trinajstić information content (AvgIpc) is 2.45. The van der Waals surface area contributed by atoms with Crippen LogP contribution in [0.25, 0.3) is 0 Å². The quantitative estimate of drug-likeness (QED) is 0.859. The lowest BCUT2D eigenvalue weighted by Gasteiger charge is -2.39. The van der Waals surface area contributed by atoms with E-state index in [9.17, 15) is 4.79 Å². The van der Waals surface area contributed by atoms with E-state index in [1.54, 1.807) is 0 Å². The number of rotatable bonds is 3. The van der Waals surface area contributed by atoms with E-state index in [0.717, 1.165) is 24.2 Å². The lowest BCUT2D eigenvalue weighted by Crippen LogP contribution is -2.50. The summed E-state index contributed by atoms with van der Waals surface area (Å²) < 4.78 is 5.82. The highest BCUT2D eigenvalue weighted by Gasteiger charge is 2.34. The summed E-state index contributed by atoms with van der Waals surface area (Å²) in [6, 6.07) is 8.76. The Balaban J connectivity index is 1.67. The largest absolute Gasteiger partial charge is 0.488 e. The second-order valence-corrected chi connectivity index (χ2v) is 7.76. The first-order valence-corrected chi connectivity index (χ1v) is 8.50. The highest BCUT2D eigenvalue weighted by Crippen LogP contribution is 2.32. The van der Waals surface area contributed by atoms with E-state index < -0.39 is 0 Å². The molecule has 2 atom stereocenters. The van der Waals surface area contributed by atoms with Crippen molar-refractivity contribution in [2.75, 3.05) is 0 Å². The SMILES string of the molecule is CC(C)(C)Oc1ccc(C(=O)C2CC3CCCC(C2)N3)cc1. The number of carbonyl (C=O) groups excluding carboxylic acids is 1. The van der Waals surface area contributed by atoms with Crippen molar-refractivity contribution in [1.29, 1.82) is 0 Å². The Kier molecular flexibility index (Phi) is 4.26. The second-order valence-electron chi connectivity index (χ2n) is 7.76. The molecule has 0 saturated carbocycles. The molecule has 3 rings (SSSR count). The third kappa shape index (κ3) is 3.70. The Bertz CT molecular complexity index is 517. The van der Waals surface area contributed by atoms with Gasteiger partial charge in [-0.2, -0.15) is 0 Å². The average molecular weight is 301 g/mol. The van der Waals surface area contributed by atoms with Gasteiger partial charge in [0.05, 0.1) is 0 Å². The first kappa shape index (κ1) is 15.5. The van der Waals surface area contributed by atoms with E-state index in [2.05, 4.69) is 5.32 Å². The molecule has 0 aromatic heterocycles. The Morgan fingerprint density at radius 1 is 1.09 bits per heavy atom. The summed E-state index contributed by atoms with van der Waals surface area (Å²) in [6.07, 6.45) is 5.74. The molecule has 0 radical (unpaired) electrons. The van der Waals surface area contributed by atoms with Crippen LogP contribution in [0, 0.1) is 5.92 Å². The maximum absolute atomic E-state index is 12.8. The van der Waals surface area contributed by atoms with Crippen LogP contribution in [0.5, 0.6) is 5.75 Å². The molecule has 0 spiro atoms. The zero-order valence-corrected chi connectivity index (χ0v) is 13.9. The van der Waals surface area contributed by atoms with Gasteiger partial charge in [-0.15, -0.1) is 0 Å². The van der Waals surface area contributed by atoms with E-state index in [-0.39, 0.29) is 11.5 Å². The molecule has 2 saturated heterocycles.